The van der Waals surface area contributed by atoms with Gasteiger partial charge in [0.1, 0.15) is 4.92 Å². The molecule has 1 aromatic rings. The van der Waals surface area contributed by atoms with Crippen LogP contribution < -0.4 is 0 Å². The molecule has 1 fully saturated rings. The van der Waals surface area contributed by atoms with Gasteiger partial charge in [-0.25, -0.2) is 0 Å². The molecule has 17 heavy (non-hydrogen) atoms. The van der Waals surface area contributed by atoms with Crippen LogP contribution in [0.15, 0.2) is 21.7 Å². The maximum Gasteiger partial charge on any atom is 0.433 e. The lowest BCUT2D eigenvalue weighted by Gasteiger charge is -2.30. The molecule has 1 saturated heterocycles. The van der Waals surface area contributed by atoms with Gasteiger partial charge in [-0.3, -0.25) is 15.1 Å². The van der Waals surface area contributed by atoms with E-state index in [1.165, 1.54) is 12.3 Å². The lowest BCUT2D eigenvalue weighted by atomic mass is 10.4. The van der Waals surface area contributed by atoms with Crippen molar-refractivity contribution in [3.05, 3.63) is 28.0 Å². The zero-order valence-electron chi connectivity index (χ0n) is 9.41. The van der Waals surface area contributed by atoms with Crippen molar-refractivity contribution in [3.8, 4) is 0 Å². The van der Waals surface area contributed by atoms with Gasteiger partial charge in [0, 0.05) is 18.1 Å². The second-order valence-electron chi connectivity index (χ2n) is 3.76. The fourth-order valence-electron chi connectivity index (χ4n) is 1.53. The number of nitro groups is 1. The van der Waals surface area contributed by atoms with E-state index in [-0.39, 0.29) is 5.88 Å². The molecular formula is C10H13N3O3S. The van der Waals surface area contributed by atoms with E-state index >= 15 is 0 Å². The Balaban J connectivity index is 2.01. The molecular weight excluding hydrogens is 242 g/mol. The topological polar surface area (TPSA) is 71.9 Å². The quantitative estimate of drug-likeness (QED) is 0.469. The Morgan fingerprint density at radius 3 is 3.18 bits per heavy atom. The van der Waals surface area contributed by atoms with E-state index in [0.29, 0.717) is 11.8 Å². The fraction of sp³-hybridized carbons (Fsp3) is 0.500. The third-order valence-corrected chi connectivity index (χ3v) is 3.65. The number of hydrazone groups is 1. The molecule has 0 aromatic carbocycles. The van der Waals surface area contributed by atoms with Gasteiger partial charge in [0.25, 0.3) is 0 Å². The van der Waals surface area contributed by atoms with Gasteiger partial charge in [-0.2, -0.15) is 16.9 Å². The Labute approximate surface area is 103 Å². The number of thioether (sulfide) groups is 1. The largest absolute Gasteiger partial charge is 0.433 e. The predicted molar refractivity (Wildman–Crippen MR) is 66.4 cm³/mol. The molecule has 92 valence electrons. The molecule has 0 saturated carbocycles. The van der Waals surface area contributed by atoms with Gasteiger partial charge >= 0.3 is 5.88 Å². The smallest absolute Gasteiger partial charge is 0.400 e. The van der Waals surface area contributed by atoms with Crippen molar-refractivity contribution in [2.75, 3.05) is 18.1 Å². The molecule has 6 nitrogen and oxygen atoms in total. The van der Waals surface area contributed by atoms with Crippen LogP contribution in [0.2, 0.25) is 0 Å². The van der Waals surface area contributed by atoms with Crippen LogP contribution in [0, 0.1) is 10.1 Å². The van der Waals surface area contributed by atoms with Crippen LogP contribution in [0.1, 0.15) is 12.7 Å². The van der Waals surface area contributed by atoms with Crippen LogP contribution in [0.25, 0.3) is 0 Å². The molecule has 2 heterocycles. The van der Waals surface area contributed by atoms with Gasteiger partial charge in [-0.05, 0) is 13.0 Å². The van der Waals surface area contributed by atoms with Crippen molar-refractivity contribution in [2.45, 2.75) is 13.0 Å². The highest BCUT2D eigenvalue weighted by Crippen LogP contribution is 2.17. The summed E-state index contributed by atoms with van der Waals surface area (Å²) in [7, 11) is 0. The first kappa shape index (κ1) is 12.0. The van der Waals surface area contributed by atoms with Crippen molar-refractivity contribution in [1.82, 2.24) is 5.01 Å². The predicted octanol–water partition coefficient (Wildman–Crippen LogP) is 1.96. The van der Waals surface area contributed by atoms with Gasteiger partial charge in [0.05, 0.1) is 18.3 Å². The SMILES string of the molecule is CC1CSCCN1/N=C/c1ccc([N+](=O)[O-])o1. The lowest BCUT2D eigenvalue weighted by Crippen LogP contribution is -2.36. The van der Waals surface area contributed by atoms with Crippen molar-refractivity contribution in [3.63, 3.8) is 0 Å². The number of hydrogen-bond acceptors (Lipinski definition) is 6. The first-order chi connectivity index (χ1) is 8.16. The van der Waals surface area contributed by atoms with E-state index in [1.807, 2.05) is 16.8 Å². The molecule has 1 aromatic heterocycles. The Hall–Kier alpha value is -1.50. The molecule has 0 amide bonds. The highest BCUT2D eigenvalue weighted by atomic mass is 32.2. The molecule has 0 radical (unpaired) electrons. The van der Waals surface area contributed by atoms with E-state index in [4.69, 9.17) is 4.42 Å². The molecule has 1 unspecified atom stereocenters. The second kappa shape index (κ2) is 5.22. The Morgan fingerprint density at radius 1 is 1.71 bits per heavy atom. The average molecular weight is 255 g/mol. The minimum absolute atomic E-state index is 0.256. The molecule has 2 rings (SSSR count). The Kier molecular flexibility index (Phi) is 3.68. The van der Waals surface area contributed by atoms with Crippen LogP contribution in [0.3, 0.4) is 0 Å². The van der Waals surface area contributed by atoms with Crippen molar-refractivity contribution in [2.24, 2.45) is 5.10 Å². The Morgan fingerprint density at radius 2 is 2.53 bits per heavy atom. The fourth-order valence-corrected chi connectivity index (χ4v) is 2.53. The van der Waals surface area contributed by atoms with E-state index in [1.54, 1.807) is 6.07 Å². The van der Waals surface area contributed by atoms with E-state index in [2.05, 4.69) is 12.0 Å². The highest BCUT2D eigenvalue weighted by Gasteiger charge is 2.16. The summed E-state index contributed by atoms with van der Waals surface area (Å²) < 4.78 is 4.99. The van der Waals surface area contributed by atoms with Gasteiger partial charge in [0.15, 0.2) is 5.76 Å². The normalized spacial score (nSPS) is 21.0. The van der Waals surface area contributed by atoms with Crippen LogP contribution in [-0.2, 0) is 0 Å². The summed E-state index contributed by atoms with van der Waals surface area (Å²) in [6.45, 7) is 3.00. The van der Waals surface area contributed by atoms with Crippen LogP contribution >= 0.6 is 11.8 Å². The summed E-state index contributed by atoms with van der Waals surface area (Å²) in [5, 5.41) is 16.7. The summed E-state index contributed by atoms with van der Waals surface area (Å²) in [5.41, 5.74) is 0. The molecule has 0 aliphatic carbocycles. The second-order valence-corrected chi connectivity index (χ2v) is 4.91. The van der Waals surface area contributed by atoms with Crippen molar-refractivity contribution < 1.29 is 9.34 Å². The summed E-state index contributed by atoms with van der Waals surface area (Å²) in [4.78, 5) is 9.87. The van der Waals surface area contributed by atoms with Crippen LogP contribution in [-0.4, -0.2) is 40.2 Å². The first-order valence-corrected chi connectivity index (χ1v) is 6.45. The number of rotatable bonds is 3. The van der Waals surface area contributed by atoms with Gasteiger partial charge in [0.2, 0.25) is 0 Å². The number of furan rings is 1. The molecule has 1 aliphatic rings. The molecule has 0 N–H and O–H groups in total. The van der Waals surface area contributed by atoms with Gasteiger partial charge in [-0.15, -0.1) is 0 Å². The van der Waals surface area contributed by atoms with Gasteiger partial charge < -0.3 is 4.42 Å². The van der Waals surface area contributed by atoms with E-state index < -0.39 is 4.92 Å². The monoisotopic (exact) mass is 255 g/mol. The van der Waals surface area contributed by atoms with E-state index in [0.717, 1.165) is 18.1 Å². The zero-order valence-corrected chi connectivity index (χ0v) is 10.2. The molecule has 7 heteroatoms. The third-order valence-electron chi connectivity index (χ3n) is 2.46. The van der Waals surface area contributed by atoms with Crippen LogP contribution in [0.5, 0.6) is 0 Å². The third kappa shape index (κ3) is 3.00. The lowest BCUT2D eigenvalue weighted by molar-refractivity contribution is -0.402. The van der Waals surface area contributed by atoms with Gasteiger partial charge in [-0.1, -0.05) is 0 Å². The summed E-state index contributed by atoms with van der Waals surface area (Å²) in [6, 6.07) is 3.26. The summed E-state index contributed by atoms with van der Waals surface area (Å²) in [6.07, 6.45) is 1.53. The van der Waals surface area contributed by atoms with Crippen molar-refractivity contribution in [1.29, 1.82) is 0 Å². The number of hydrogen-bond donors (Lipinski definition) is 0. The maximum absolute atomic E-state index is 10.4. The molecule has 0 bridgehead atoms. The Bertz CT molecular complexity index is 432. The average Bonchev–Trinajstić information content (AvgIpc) is 2.77. The first-order valence-electron chi connectivity index (χ1n) is 5.29. The minimum atomic E-state index is -0.558. The zero-order chi connectivity index (χ0) is 12.3. The van der Waals surface area contributed by atoms with E-state index in [9.17, 15) is 10.1 Å². The number of nitrogens with zero attached hydrogens (tertiary/aromatic N) is 3. The molecule has 1 aliphatic heterocycles. The summed E-state index contributed by atoms with van der Waals surface area (Å²) in [5.74, 6) is 2.26. The summed E-state index contributed by atoms with van der Waals surface area (Å²) >= 11 is 1.91. The standard InChI is InChI=1S/C10H13N3O3S/c1-8-7-17-5-4-12(8)11-6-9-2-3-10(16-9)13(14)15/h2-3,6,8H,4-5,7H2,1H3/b11-6+. The maximum atomic E-state index is 10.4. The minimum Gasteiger partial charge on any atom is -0.400 e. The van der Waals surface area contributed by atoms with Crippen LogP contribution in [0.4, 0.5) is 5.88 Å². The highest BCUT2D eigenvalue weighted by molar-refractivity contribution is 7.99. The molecule has 1 atom stereocenters. The van der Waals surface area contributed by atoms with Crippen molar-refractivity contribution >= 4 is 23.9 Å². The molecule has 0 spiro atoms.